The number of nitrogens with two attached hydrogens (primary N) is 1. The van der Waals surface area contributed by atoms with Crippen molar-refractivity contribution in [1.29, 1.82) is 0 Å². The Bertz CT molecular complexity index is 568. The molecule has 6 heteroatoms. The molecular formula is C12H14N2O2S2. The highest BCUT2D eigenvalue weighted by atomic mass is 32.2. The SMILES string of the molecule is CCCC(Sc1nc2ccc(N)cc2s1)C(=O)O. The van der Waals surface area contributed by atoms with E-state index in [1.807, 2.05) is 19.1 Å². The van der Waals surface area contributed by atoms with Gasteiger partial charge in [-0.25, -0.2) is 4.98 Å². The first-order chi connectivity index (χ1) is 8.60. The molecule has 1 aromatic carbocycles. The lowest BCUT2D eigenvalue weighted by Gasteiger charge is -2.07. The van der Waals surface area contributed by atoms with Crippen LogP contribution in [-0.4, -0.2) is 21.3 Å². The van der Waals surface area contributed by atoms with Gasteiger partial charge in [0.05, 0.1) is 10.2 Å². The number of aromatic nitrogens is 1. The molecule has 1 aromatic heterocycles. The van der Waals surface area contributed by atoms with Crippen LogP contribution < -0.4 is 5.73 Å². The molecule has 3 N–H and O–H groups in total. The van der Waals surface area contributed by atoms with E-state index in [1.54, 1.807) is 6.07 Å². The maximum atomic E-state index is 11.1. The zero-order valence-electron chi connectivity index (χ0n) is 9.92. The van der Waals surface area contributed by atoms with Gasteiger partial charge < -0.3 is 10.8 Å². The van der Waals surface area contributed by atoms with Gasteiger partial charge in [0.2, 0.25) is 0 Å². The van der Waals surface area contributed by atoms with Crippen LogP contribution in [0.5, 0.6) is 0 Å². The van der Waals surface area contributed by atoms with Crippen molar-refractivity contribution in [1.82, 2.24) is 4.98 Å². The summed E-state index contributed by atoms with van der Waals surface area (Å²) in [5.74, 6) is -0.777. The summed E-state index contributed by atoms with van der Waals surface area (Å²) < 4.78 is 1.79. The summed E-state index contributed by atoms with van der Waals surface area (Å²) in [4.78, 5) is 15.5. The van der Waals surface area contributed by atoms with Crippen molar-refractivity contribution >= 4 is 45.0 Å². The second-order valence-electron chi connectivity index (χ2n) is 3.94. The smallest absolute Gasteiger partial charge is 0.317 e. The number of aliphatic carboxylic acids is 1. The summed E-state index contributed by atoms with van der Waals surface area (Å²) in [7, 11) is 0. The molecule has 0 amide bonds. The minimum Gasteiger partial charge on any atom is -0.480 e. The van der Waals surface area contributed by atoms with Crippen LogP contribution in [0.25, 0.3) is 10.2 Å². The maximum absolute atomic E-state index is 11.1. The van der Waals surface area contributed by atoms with Crippen molar-refractivity contribution < 1.29 is 9.90 Å². The largest absolute Gasteiger partial charge is 0.480 e. The van der Waals surface area contributed by atoms with Crippen molar-refractivity contribution in [2.75, 3.05) is 5.73 Å². The number of hydrogen-bond donors (Lipinski definition) is 2. The van der Waals surface area contributed by atoms with Gasteiger partial charge in [0.25, 0.3) is 0 Å². The fourth-order valence-corrected chi connectivity index (χ4v) is 3.99. The number of fused-ring (bicyclic) bond motifs is 1. The fourth-order valence-electron chi connectivity index (χ4n) is 1.59. The number of carboxylic acids is 1. The minimum atomic E-state index is -0.777. The third kappa shape index (κ3) is 2.94. The van der Waals surface area contributed by atoms with Gasteiger partial charge in [-0.3, -0.25) is 4.79 Å². The lowest BCUT2D eigenvalue weighted by molar-refractivity contribution is -0.136. The second-order valence-corrected chi connectivity index (χ2v) is 6.42. The summed E-state index contributed by atoms with van der Waals surface area (Å²) in [6, 6.07) is 5.53. The summed E-state index contributed by atoms with van der Waals surface area (Å²) in [6.07, 6.45) is 1.50. The second kappa shape index (κ2) is 5.58. The highest BCUT2D eigenvalue weighted by Gasteiger charge is 2.19. The number of nitrogen functional groups attached to an aromatic ring is 1. The molecule has 4 nitrogen and oxygen atoms in total. The molecule has 1 unspecified atom stereocenters. The highest BCUT2D eigenvalue weighted by Crippen LogP contribution is 2.34. The molecule has 0 fully saturated rings. The molecule has 18 heavy (non-hydrogen) atoms. The molecule has 0 radical (unpaired) electrons. The number of carboxylic acid groups (broad SMARTS) is 1. The Morgan fingerprint density at radius 1 is 1.61 bits per heavy atom. The predicted octanol–water partition coefficient (Wildman–Crippen LogP) is 3.22. The molecular weight excluding hydrogens is 268 g/mol. The molecule has 0 spiro atoms. The summed E-state index contributed by atoms with van der Waals surface area (Å²) in [6.45, 7) is 1.98. The molecule has 96 valence electrons. The van der Waals surface area contributed by atoms with Crippen LogP contribution in [0, 0.1) is 0 Å². The summed E-state index contributed by atoms with van der Waals surface area (Å²) in [5.41, 5.74) is 7.28. The highest BCUT2D eigenvalue weighted by molar-refractivity contribution is 8.02. The molecule has 0 aliphatic carbocycles. The lowest BCUT2D eigenvalue weighted by Crippen LogP contribution is -2.15. The Morgan fingerprint density at radius 3 is 3.06 bits per heavy atom. The Hall–Kier alpha value is -1.27. The molecule has 0 saturated carbocycles. The van der Waals surface area contributed by atoms with Gasteiger partial charge in [-0.2, -0.15) is 0 Å². The Kier molecular flexibility index (Phi) is 4.08. The minimum absolute atomic E-state index is 0.423. The molecule has 0 aliphatic heterocycles. The van der Waals surface area contributed by atoms with E-state index >= 15 is 0 Å². The van der Waals surface area contributed by atoms with Crippen LogP contribution in [-0.2, 0) is 4.79 Å². The molecule has 1 heterocycles. The van der Waals surface area contributed by atoms with E-state index in [9.17, 15) is 4.79 Å². The first kappa shape index (κ1) is 13.2. The predicted molar refractivity (Wildman–Crippen MR) is 76.2 cm³/mol. The van der Waals surface area contributed by atoms with E-state index in [4.69, 9.17) is 10.8 Å². The molecule has 0 aliphatic rings. The summed E-state index contributed by atoms with van der Waals surface area (Å²) in [5, 5.41) is 8.70. The normalized spacial score (nSPS) is 12.7. The van der Waals surface area contributed by atoms with E-state index in [2.05, 4.69) is 4.98 Å². The average molecular weight is 282 g/mol. The monoisotopic (exact) mass is 282 g/mol. The van der Waals surface area contributed by atoms with E-state index < -0.39 is 11.2 Å². The Balaban J connectivity index is 2.22. The first-order valence-electron chi connectivity index (χ1n) is 5.65. The Labute approximate surface area is 113 Å². The van der Waals surface area contributed by atoms with Gasteiger partial charge in [-0.05, 0) is 24.6 Å². The molecule has 2 rings (SSSR count). The van der Waals surface area contributed by atoms with Gasteiger partial charge in [-0.15, -0.1) is 11.3 Å². The number of anilines is 1. The standard InChI is InChI=1S/C12H14N2O2S2/c1-2-3-9(11(15)16)17-12-14-8-5-4-7(13)6-10(8)18-12/h4-6,9H,2-3,13H2,1H3,(H,15,16). The van der Waals surface area contributed by atoms with Gasteiger partial charge in [0, 0.05) is 5.69 Å². The molecule has 1 atom stereocenters. The van der Waals surface area contributed by atoms with Gasteiger partial charge in [-0.1, -0.05) is 25.1 Å². The van der Waals surface area contributed by atoms with Crippen molar-refractivity contribution in [2.45, 2.75) is 29.4 Å². The molecule has 0 saturated heterocycles. The van der Waals surface area contributed by atoms with Crippen molar-refractivity contribution in [2.24, 2.45) is 0 Å². The van der Waals surface area contributed by atoms with Crippen LogP contribution in [0.4, 0.5) is 5.69 Å². The zero-order valence-corrected chi connectivity index (χ0v) is 11.6. The number of hydrogen-bond acceptors (Lipinski definition) is 5. The van der Waals surface area contributed by atoms with Crippen molar-refractivity contribution in [3.05, 3.63) is 18.2 Å². The van der Waals surface area contributed by atoms with Crippen LogP contribution >= 0.6 is 23.1 Å². The number of carbonyl (C=O) groups is 1. The van der Waals surface area contributed by atoms with E-state index in [0.717, 1.165) is 21.0 Å². The zero-order chi connectivity index (χ0) is 13.1. The molecule has 2 aromatic rings. The number of nitrogens with zero attached hydrogens (tertiary/aromatic N) is 1. The van der Waals surface area contributed by atoms with Crippen LogP contribution in [0.1, 0.15) is 19.8 Å². The van der Waals surface area contributed by atoms with Gasteiger partial charge in [0.1, 0.15) is 5.25 Å². The first-order valence-corrected chi connectivity index (χ1v) is 7.35. The van der Waals surface area contributed by atoms with Crippen molar-refractivity contribution in [3.63, 3.8) is 0 Å². The third-order valence-corrected chi connectivity index (χ3v) is 4.83. The van der Waals surface area contributed by atoms with Gasteiger partial charge >= 0.3 is 5.97 Å². The Morgan fingerprint density at radius 2 is 2.39 bits per heavy atom. The lowest BCUT2D eigenvalue weighted by atomic mass is 10.2. The van der Waals surface area contributed by atoms with E-state index in [1.165, 1.54) is 23.1 Å². The topological polar surface area (TPSA) is 76.2 Å². The van der Waals surface area contributed by atoms with E-state index in [0.29, 0.717) is 12.1 Å². The molecule has 0 bridgehead atoms. The quantitative estimate of drug-likeness (QED) is 0.650. The van der Waals surface area contributed by atoms with Gasteiger partial charge in [0.15, 0.2) is 4.34 Å². The number of rotatable bonds is 5. The summed E-state index contributed by atoms with van der Waals surface area (Å²) >= 11 is 2.81. The number of thioether (sulfide) groups is 1. The van der Waals surface area contributed by atoms with Crippen LogP contribution in [0.15, 0.2) is 22.5 Å². The maximum Gasteiger partial charge on any atom is 0.317 e. The average Bonchev–Trinajstić information content (AvgIpc) is 2.69. The van der Waals surface area contributed by atoms with Crippen LogP contribution in [0.2, 0.25) is 0 Å². The van der Waals surface area contributed by atoms with Crippen LogP contribution in [0.3, 0.4) is 0 Å². The number of benzene rings is 1. The van der Waals surface area contributed by atoms with Crippen molar-refractivity contribution in [3.8, 4) is 0 Å². The number of thiazole rings is 1. The van der Waals surface area contributed by atoms with E-state index in [-0.39, 0.29) is 0 Å². The third-order valence-electron chi connectivity index (χ3n) is 2.46. The fraction of sp³-hybridized carbons (Fsp3) is 0.333.